The molecule has 0 aliphatic heterocycles. The summed E-state index contributed by atoms with van der Waals surface area (Å²) in [5.41, 5.74) is 2.21. The average molecular weight is 421 g/mol. The van der Waals surface area contributed by atoms with Gasteiger partial charge in [0.2, 0.25) is 5.91 Å². The first-order valence-corrected chi connectivity index (χ1v) is 11.0. The van der Waals surface area contributed by atoms with Crippen LogP contribution in [-0.4, -0.2) is 31.7 Å². The highest BCUT2D eigenvalue weighted by molar-refractivity contribution is 8.00. The van der Waals surface area contributed by atoms with Gasteiger partial charge in [0.25, 0.3) is 0 Å². The number of Topliss-reactive ketones (excluding diaryl/α,β-unsaturated/α-hetero) is 1. The molecule has 1 saturated carbocycles. The smallest absolute Gasteiger partial charge is 0.237 e. The number of amides is 1. The number of aromatic nitrogens is 3. The number of ketones is 1. The maximum atomic E-state index is 12.8. The van der Waals surface area contributed by atoms with Crippen molar-refractivity contribution in [3.63, 3.8) is 0 Å². The van der Waals surface area contributed by atoms with Gasteiger partial charge in [0, 0.05) is 11.5 Å². The Kier molecular flexibility index (Phi) is 5.99. The van der Waals surface area contributed by atoms with Crippen LogP contribution < -0.4 is 5.32 Å². The van der Waals surface area contributed by atoms with E-state index in [4.69, 9.17) is 0 Å². The lowest BCUT2D eigenvalue weighted by Crippen LogP contribution is -2.24. The molecule has 1 heterocycles. The largest absolute Gasteiger partial charge is 0.324 e. The van der Waals surface area contributed by atoms with E-state index in [0.717, 1.165) is 23.8 Å². The molecule has 1 unspecified atom stereocenters. The summed E-state index contributed by atoms with van der Waals surface area (Å²) in [5.74, 6) is 1.21. The molecular weight excluding hydrogens is 396 g/mol. The molecular formula is C23H24N4O2S. The fourth-order valence-corrected chi connectivity index (χ4v) is 4.15. The van der Waals surface area contributed by atoms with Crippen molar-refractivity contribution in [3.05, 3.63) is 71.5 Å². The monoisotopic (exact) mass is 420 g/mol. The standard InChI is InChI=1S/C23H24N4O2S/c1-15(28)19-10-6-7-11-20(19)24-22(29)16(2)30-23-26-25-21(18-12-13-18)27(23)14-17-8-4-3-5-9-17/h3-11,16,18H,12-14H2,1-2H3,(H,24,29). The average Bonchev–Trinajstić information content (AvgIpc) is 3.52. The number of benzene rings is 2. The minimum Gasteiger partial charge on any atom is -0.324 e. The first-order valence-electron chi connectivity index (χ1n) is 10.1. The number of nitrogens with one attached hydrogen (secondary N) is 1. The van der Waals surface area contributed by atoms with Crippen LogP contribution in [0.2, 0.25) is 0 Å². The molecule has 0 spiro atoms. The maximum absolute atomic E-state index is 12.8. The molecule has 1 aliphatic carbocycles. The molecule has 30 heavy (non-hydrogen) atoms. The van der Waals surface area contributed by atoms with E-state index in [1.807, 2.05) is 25.1 Å². The van der Waals surface area contributed by atoms with Crippen molar-refractivity contribution in [3.8, 4) is 0 Å². The van der Waals surface area contributed by atoms with Gasteiger partial charge < -0.3 is 9.88 Å². The lowest BCUT2D eigenvalue weighted by Gasteiger charge is -2.15. The molecule has 1 N–H and O–H groups in total. The van der Waals surface area contributed by atoms with E-state index in [1.54, 1.807) is 24.3 Å². The minimum atomic E-state index is -0.393. The molecule has 0 saturated heterocycles. The maximum Gasteiger partial charge on any atom is 0.237 e. The van der Waals surface area contributed by atoms with Crippen LogP contribution in [0, 0.1) is 0 Å². The SMILES string of the molecule is CC(=O)c1ccccc1NC(=O)C(C)Sc1nnc(C2CC2)n1Cc1ccccc1. The van der Waals surface area contributed by atoms with E-state index in [1.165, 1.54) is 24.2 Å². The Hall–Kier alpha value is -2.93. The molecule has 1 amide bonds. The molecule has 1 aromatic heterocycles. The molecule has 1 fully saturated rings. The number of hydrogen-bond acceptors (Lipinski definition) is 5. The van der Waals surface area contributed by atoms with Crippen LogP contribution in [0.25, 0.3) is 0 Å². The van der Waals surface area contributed by atoms with Crippen LogP contribution in [0.5, 0.6) is 0 Å². The second kappa shape index (κ2) is 8.83. The third kappa shape index (κ3) is 4.62. The van der Waals surface area contributed by atoms with Gasteiger partial charge in [-0.1, -0.05) is 54.2 Å². The third-order valence-corrected chi connectivity index (χ3v) is 6.17. The molecule has 0 bridgehead atoms. The van der Waals surface area contributed by atoms with Gasteiger partial charge in [0.1, 0.15) is 5.82 Å². The number of hydrogen-bond donors (Lipinski definition) is 1. The predicted molar refractivity (Wildman–Crippen MR) is 118 cm³/mol. The first kappa shape index (κ1) is 20.3. The second-order valence-electron chi connectivity index (χ2n) is 7.54. The highest BCUT2D eigenvalue weighted by atomic mass is 32.2. The van der Waals surface area contributed by atoms with Gasteiger partial charge in [0.05, 0.1) is 17.5 Å². The van der Waals surface area contributed by atoms with Gasteiger partial charge in [-0.2, -0.15) is 0 Å². The lowest BCUT2D eigenvalue weighted by molar-refractivity contribution is -0.115. The summed E-state index contributed by atoms with van der Waals surface area (Å²) in [7, 11) is 0. The number of rotatable bonds is 8. The van der Waals surface area contributed by atoms with Crippen molar-refractivity contribution in [2.75, 3.05) is 5.32 Å². The highest BCUT2D eigenvalue weighted by Gasteiger charge is 2.31. The van der Waals surface area contributed by atoms with Crippen LogP contribution >= 0.6 is 11.8 Å². The van der Waals surface area contributed by atoms with E-state index in [0.29, 0.717) is 23.7 Å². The molecule has 2 aromatic carbocycles. The van der Waals surface area contributed by atoms with Gasteiger partial charge >= 0.3 is 0 Å². The summed E-state index contributed by atoms with van der Waals surface area (Å²) in [6.07, 6.45) is 2.27. The molecule has 1 atom stereocenters. The number of thioether (sulfide) groups is 1. The van der Waals surface area contributed by atoms with E-state index < -0.39 is 5.25 Å². The van der Waals surface area contributed by atoms with Gasteiger partial charge in [-0.25, -0.2) is 0 Å². The van der Waals surface area contributed by atoms with Crippen LogP contribution in [-0.2, 0) is 11.3 Å². The normalized spacial score (nSPS) is 14.3. The first-order chi connectivity index (χ1) is 14.5. The van der Waals surface area contributed by atoms with Crippen LogP contribution in [0.1, 0.15) is 54.4 Å². The quantitative estimate of drug-likeness (QED) is 0.428. The van der Waals surface area contributed by atoms with E-state index in [9.17, 15) is 9.59 Å². The van der Waals surface area contributed by atoms with Crippen LogP contribution in [0.4, 0.5) is 5.69 Å². The van der Waals surface area contributed by atoms with Crippen molar-refractivity contribution in [1.82, 2.24) is 14.8 Å². The van der Waals surface area contributed by atoms with Crippen molar-refractivity contribution >= 4 is 29.1 Å². The molecule has 154 valence electrons. The molecule has 3 aromatic rings. The third-order valence-electron chi connectivity index (χ3n) is 5.09. The van der Waals surface area contributed by atoms with Crippen LogP contribution in [0.15, 0.2) is 59.8 Å². The Morgan fingerprint density at radius 2 is 1.80 bits per heavy atom. The fraction of sp³-hybridized carbons (Fsp3) is 0.304. The van der Waals surface area contributed by atoms with Gasteiger partial charge in [0.15, 0.2) is 10.9 Å². The summed E-state index contributed by atoms with van der Waals surface area (Å²) in [6.45, 7) is 4.02. The number of nitrogens with zero attached hydrogens (tertiary/aromatic N) is 3. The van der Waals surface area contributed by atoms with Crippen LogP contribution in [0.3, 0.4) is 0 Å². The summed E-state index contributed by atoms with van der Waals surface area (Å²) >= 11 is 1.39. The summed E-state index contributed by atoms with van der Waals surface area (Å²) < 4.78 is 2.13. The van der Waals surface area contributed by atoms with Gasteiger partial charge in [-0.05, 0) is 44.4 Å². The zero-order chi connectivity index (χ0) is 21.1. The van der Waals surface area contributed by atoms with E-state index in [-0.39, 0.29) is 11.7 Å². The van der Waals surface area contributed by atoms with Crippen molar-refractivity contribution in [1.29, 1.82) is 0 Å². The molecule has 7 heteroatoms. The molecule has 4 rings (SSSR count). The minimum absolute atomic E-state index is 0.0807. The Morgan fingerprint density at radius 3 is 2.50 bits per heavy atom. The van der Waals surface area contributed by atoms with E-state index in [2.05, 4.69) is 32.2 Å². The topological polar surface area (TPSA) is 76.9 Å². The van der Waals surface area contributed by atoms with Crippen molar-refractivity contribution < 1.29 is 9.59 Å². The summed E-state index contributed by atoms with van der Waals surface area (Å²) in [5, 5.41) is 12.0. The zero-order valence-electron chi connectivity index (χ0n) is 17.0. The van der Waals surface area contributed by atoms with E-state index >= 15 is 0 Å². The lowest BCUT2D eigenvalue weighted by atomic mass is 10.1. The fourth-order valence-electron chi connectivity index (χ4n) is 3.29. The Labute approximate surface area is 180 Å². The summed E-state index contributed by atoms with van der Waals surface area (Å²) in [4.78, 5) is 24.6. The number of anilines is 1. The van der Waals surface area contributed by atoms with Gasteiger partial charge in [-0.15, -0.1) is 10.2 Å². The Bertz CT molecular complexity index is 1060. The highest BCUT2D eigenvalue weighted by Crippen LogP contribution is 2.40. The molecule has 0 radical (unpaired) electrons. The molecule has 1 aliphatic rings. The second-order valence-corrected chi connectivity index (χ2v) is 8.85. The predicted octanol–water partition coefficient (Wildman–Crippen LogP) is 4.53. The zero-order valence-corrected chi connectivity index (χ0v) is 17.9. The van der Waals surface area contributed by atoms with Crippen molar-refractivity contribution in [2.45, 2.75) is 49.6 Å². The summed E-state index contributed by atoms with van der Waals surface area (Å²) in [6, 6.07) is 17.3. The number of para-hydroxylation sites is 1. The Balaban J connectivity index is 1.51. The molecule has 6 nitrogen and oxygen atoms in total. The van der Waals surface area contributed by atoms with Crippen molar-refractivity contribution in [2.24, 2.45) is 0 Å². The number of carbonyl (C=O) groups is 2. The number of carbonyl (C=O) groups excluding carboxylic acids is 2. The van der Waals surface area contributed by atoms with Gasteiger partial charge in [-0.3, -0.25) is 9.59 Å². The Morgan fingerprint density at radius 1 is 1.10 bits per heavy atom.